The second kappa shape index (κ2) is 5.90. The first-order valence-corrected chi connectivity index (χ1v) is 8.06. The maximum atomic E-state index is 12.4. The van der Waals surface area contributed by atoms with Crippen molar-refractivity contribution in [2.24, 2.45) is 0 Å². The van der Waals surface area contributed by atoms with Gasteiger partial charge in [0.05, 0.1) is 26.0 Å². The summed E-state index contributed by atoms with van der Waals surface area (Å²) in [6, 6.07) is 3.94. The van der Waals surface area contributed by atoms with E-state index in [-0.39, 0.29) is 17.6 Å². The van der Waals surface area contributed by atoms with Gasteiger partial charge >= 0.3 is 6.01 Å². The van der Waals surface area contributed by atoms with Crippen LogP contribution in [0.25, 0.3) is 0 Å². The summed E-state index contributed by atoms with van der Waals surface area (Å²) in [5, 5.41) is 0. The fraction of sp³-hybridized carbons (Fsp3) is 0.471. The van der Waals surface area contributed by atoms with Gasteiger partial charge in [-0.25, -0.2) is 9.97 Å². The number of likely N-dealkylation sites (tertiary alicyclic amines) is 1. The fourth-order valence-corrected chi connectivity index (χ4v) is 3.33. The zero-order valence-corrected chi connectivity index (χ0v) is 13.5. The molecule has 2 aromatic heterocycles. The molecular weight excluding hydrogens is 310 g/mol. The van der Waals surface area contributed by atoms with Crippen molar-refractivity contribution in [3.8, 4) is 6.01 Å². The van der Waals surface area contributed by atoms with Gasteiger partial charge in [-0.1, -0.05) is 0 Å². The van der Waals surface area contributed by atoms with E-state index in [0.717, 1.165) is 18.4 Å². The van der Waals surface area contributed by atoms with Crippen molar-refractivity contribution in [3.63, 3.8) is 0 Å². The molecule has 2 saturated heterocycles. The number of carbonyl (C=O) groups excluding carboxylic acids is 1. The highest BCUT2D eigenvalue weighted by molar-refractivity contribution is 5.93. The summed E-state index contributed by atoms with van der Waals surface area (Å²) < 4.78 is 17.1. The van der Waals surface area contributed by atoms with Crippen molar-refractivity contribution in [3.05, 3.63) is 42.1 Å². The van der Waals surface area contributed by atoms with Crippen LogP contribution >= 0.6 is 0 Å². The molecule has 2 fully saturated rings. The second-order valence-electron chi connectivity index (χ2n) is 6.39. The van der Waals surface area contributed by atoms with Crippen molar-refractivity contribution in [1.82, 2.24) is 14.9 Å². The molecule has 7 heteroatoms. The molecule has 1 atom stereocenters. The summed E-state index contributed by atoms with van der Waals surface area (Å²) in [7, 11) is 0. The topological polar surface area (TPSA) is 77.7 Å². The Morgan fingerprint density at radius 1 is 1.38 bits per heavy atom. The number of carbonyl (C=O) groups is 1. The average Bonchev–Trinajstić information content (AvgIpc) is 2.99. The maximum absolute atomic E-state index is 12.4. The number of hydrogen-bond acceptors (Lipinski definition) is 6. The minimum atomic E-state index is -0.326. The molecule has 24 heavy (non-hydrogen) atoms. The lowest BCUT2D eigenvalue weighted by Crippen LogP contribution is -2.67. The monoisotopic (exact) mass is 329 g/mol. The highest BCUT2D eigenvalue weighted by Crippen LogP contribution is 2.36. The molecule has 2 aromatic rings. The van der Waals surface area contributed by atoms with Crippen LogP contribution in [0.1, 0.15) is 29.0 Å². The third kappa shape index (κ3) is 2.75. The normalized spacial score (nSPS) is 22.2. The van der Waals surface area contributed by atoms with Gasteiger partial charge in [0.2, 0.25) is 0 Å². The SMILES string of the molecule is Cc1ccoc1C(=O)N1CC2(C[C@H](Oc3ncccn3)CCO2)C1. The molecule has 0 unspecified atom stereocenters. The third-order valence-corrected chi connectivity index (χ3v) is 4.56. The molecule has 4 rings (SSSR count). The molecule has 1 amide bonds. The van der Waals surface area contributed by atoms with Gasteiger partial charge in [-0.3, -0.25) is 4.79 Å². The highest BCUT2D eigenvalue weighted by Gasteiger charge is 2.50. The van der Waals surface area contributed by atoms with Crippen LogP contribution in [0.4, 0.5) is 0 Å². The first kappa shape index (κ1) is 15.1. The van der Waals surface area contributed by atoms with E-state index in [9.17, 15) is 4.79 Å². The molecule has 1 spiro atoms. The molecular formula is C17H19N3O4. The van der Waals surface area contributed by atoms with Crippen LogP contribution in [0.2, 0.25) is 0 Å². The molecule has 0 bridgehead atoms. The van der Waals surface area contributed by atoms with E-state index in [1.165, 1.54) is 0 Å². The first-order chi connectivity index (χ1) is 11.7. The van der Waals surface area contributed by atoms with Gasteiger partial charge in [0, 0.05) is 30.8 Å². The summed E-state index contributed by atoms with van der Waals surface area (Å²) in [6.07, 6.45) is 6.39. The molecule has 0 N–H and O–H groups in total. The number of aromatic nitrogens is 2. The molecule has 126 valence electrons. The van der Waals surface area contributed by atoms with Gasteiger partial charge in [0.25, 0.3) is 5.91 Å². The van der Waals surface area contributed by atoms with Crippen LogP contribution in [0.5, 0.6) is 6.01 Å². The van der Waals surface area contributed by atoms with Gasteiger partial charge in [-0.2, -0.15) is 0 Å². The fourth-order valence-electron chi connectivity index (χ4n) is 3.33. The first-order valence-electron chi connectivity index (χ1n) is 8.06. The largest absolute Gasteiger partial charge is 0.460 e. The molecule has 0 aliphatic carbocycles. The summed E-state index contributed by atoms with van der Waals surface area (Å²) in [5.74, 6) is 0.326. The molecule has 7 nitrogen and oxygen atoms in total. The highest BCUT2D eigenvalue weighted by atomic mass is 16.5. The Balaban J connectivity index is 1.37. The van der Waals surface area contributed by atoms with E-state index in [2.05, 4.69) is 9.97 Å². The Labute approximate surface area is 139 Å². The Kier molecular flexibility index (Phi) is 3.72. The third-order valence-electron chi connectivity index (χ3n) is 4.56. The van der Waals surface area contributed by atoms with Crippen LogP contribution in [0, 0.1) is 6.92 Å². The zero-order valence-electron chi connectivity index (χ0n) is 13.5. The van der Waals surface area contributed by atoms with Crippen LogP contribution in [0.15, 0.2) is 35.2 Å². The van der Waals surface area contributed by atoms with Crippen molar-refractivity contribution >= 4 is 5.91 Å². The number of aryl methyl sites for hydroxylation is 1. The number of ether oxygens (including phenoxy) is 2. The van der Waals surface area contributed by atoms with Crippen LogP contribution in [0.3, 0.4) is 0 Å². The van der Waals surface area contributed by atoms with E-state index in [4.69, 9.17) is 13.9 Å². The predicted octanol–water partition coefficient (Wildman–Crippen LogP) is 1.83. The molecule has 2 aliphatic rings. The molecule has 0 saturated carbocycles. The quantitative estimate of drug-likeness (QED) is 0.855. The molecule has 0 aromatic carbocycles. The lowest BCUT2D eigenvalue weighted by molar-refractivity contribution is -0.174. The van der Waals surface area contributed by atoms with Crippen LogP contribution in [-0.4, -0.2) is 52.2 Å². The number of rotatable bonds is 3. The second-order valence-corrected chi connectivity index (χ2v) is 6.39. The summed E-state index contributed by atoms with van der Waals surface area (Å²) in [5.41, 5.74) is 0.529. The smallest absolute Gasteiger partial charge is 0.316 e. The van der Waals surface area contributed by atoms with Crippen LogP contribution in [-0.2, 0) is 4.74 Å². The predicted molar refractivity (Wildman–Crippen MR) is 83.7 cm³/mol. The number of hydrogen-bond donors (Lipinski definition) is 0. The Morgan fingerprint density at radius 2 is 2.17 bits per heavy atom. The van der Waals surface area contributed by atoms with Gasteiger partial charge in [-0.15, -0.1) is 0 Å². The molecule has 4 heterocycles. The standard InChI is InChI=1S/C17H19N3O4/c1-12-3-7-22-14(12)15(21)20-10-17(11-20)9-13(4-8-23-17)24-16-18-5-2-6-19-16/h2-3,5-7,13H,4,8-11H2,1H3/t13-/m1/s1. The van der Waals surface area contributed by atoms with Crippen molar-refractivity contribution in [1.29, 1.82) is 0 Å². The lowest BCUT2D eigenvalue weighted by atomic mass is 9.84. The number of amides is 1. The van der Waals surface area contributed by atoms with E-state index in [1.807, 2.05) is 6.92 Å². The summed E-state index contributed by atoms with van der Waals surface area (Å²) >= 11 is 0. The summed E-state index contributed by atoms with van der Waals surface area (Å²) in [6.45, 7) is 3.59. The van der Waals surface area contributed by atoms with Crippen molar-refractivity contribution < 1.29 is 18.7 Å². The average molecular weight is 329 g/mol. The van der Waals surface area contributed by atoms with Gasteiger partial charge in [0.1, 0.15) is 11.7 Å². The Bertz CT molecular complexity index is 724. The minimum Gasteiger partial charge on any atom is -0.460 e. The Morgan fingerprint density at radius 3 is 2.88 bits per heavy atom. The number of furan rings is 1. The maximum Gasteiger partial charge on any atom is 0.316 e. The van der Waals surface area contributed by atoms with Crippen LogP contribution < -0.4 is 4.74 Å². The van der Waals surface area contributed by atoms with Crippen molar-refractivity contribution in [2.75, 3.05) is 19.7 Å². The molecule has 0 radical (unpaired) electrons. The zero-order chi connectivity index (χ0) is 16.6. The van der Waals surface area contributed by atoms with Gasteiger partial charge in [0.15, 0.2) is 5.76 Å². The van der Waals surface area contributed by atoms with E-state index in [1.54, 1.807) is 35.7 Å². The summed E-state index contributed by atoms with van der Waals surface area (Å²) in [4.78, 5) is 22.4. The number of nitrogens with zero attached hydrogens (tertiary/aromatic N) is 3. The van der Waals surface area contributed by atoms with E-state index >= 15 is 0 Å². The lowest BCUT2D eigenvalue weighted by Gasteiger charge is -2.52. The Hall–Kier alpha value is -2.41. The van der Waals surface area contributed by atoms with Gasteiger partial charge < -0.3 is 18.8 Å². The van der Waals surface area contributed by atoms with Gasteiger partial charge in [-0.05, 0) is 19.1 Å². The minimum absolute atomic E-state index is 0.00347. The van der Waals surface area contributed by atoms with E-state index in [0.29, 0.717) is 31.5 Å². The van der Waals surface area contributed by atoms with E-state index < -0.39 is 0 Å². The van der Waals surface area contributed by atoms with Crippen molar-refractivity contribution in [2.45, 2.75) is 31.5 Å². The molecule has 2 aliphatic heterocycles.